The third kappa shape index (κ3) is 2.81. The molecule has 0 bridgehead atoms. The van der Waals surface area contributed by atoms with Gasteiger partial charge in [0.15, 0.2) is 22.9 Å². The molecule has 5 aliphatic rings. The van der Waals surface area contributed by atoms with Gasteiger partial charge in [-0.15, -0.1) is 0 Å². The number of aliphatic hydroxyl groups is 2. The van der Waals surface area contributed by atoms with Gasteiger partial charge >= 0.3 is 5.91 Å². The lowest BCUT2D eigenvalue weighted by Gasteiger charge is -2.59. The van der Waals surface area contributed by atoms with Gasteiger partial charge in [-0.3, -0.25) is 19.2 Å². The second kappa shape index (κ2) is 7.48. The molecule has 0 unspecified atom stereocenters. The highest BCUT2D eigenvalue weighted by molar-refractivity contribution is 6.01. The summed E-state index contributed by atoms with van der Waals surface area (Å²) in [6.45, 7) is 3.62. The van der Waals surface area contributed by atoms with Crippen molar-refractivity contribution in [2.75, 3.05) is 13.2 Å². The van der Waals surface area contributed by atoms with Crippen LogP contribution in [0, 0.1) is 34.5 Å². The zero-order valence-electron chi connectivity index (χ0n) is 20.0. The largest absolute Gasteiger partial charge is 0.459 e. The average molecular weight is 482 g/mol. The summed E-state index contributed by atoms with van der Waals surface area (Å²) in [5.41, 5.74) is -1.50. The summed E-state index contributed by atoms with van der Waals surface area (Å²) in [7, 11) is 0. The minimum atomic E-state index is -1.39. The molecule has 2 N–H and O–H groups in total. The minimum absolute atomic E-state index is 0.0105. The van der Waals surface area contributed by atoms with Crippen molar-refractivity contribution in [3.63, 3.8) is 0 Å². The van der Waals surface area contributed by atoms with Crippen molar-refractivity contribution in [3.05, 3.63) is 48.0 Å². The van der Waals surface area contributed by atoms with Crippen molar-refractivity contribution in [2.24, 2.45) is 34.5 Å². The summed E-state index contributed by atoms with van der Waals surface area (Å²) >= 11 is 0. The molecule has 3 saturated carbocycles. The van der Waals surface area contributed by atoms with Crippen LogP contribution in [0.4, 0.5) is 0 Å². The number of hydroxylamine groups is 2. The third-order valence-corrected chi connectivity index (χ3v) is 10.0. The third-order valence-electron chi connectivity index (χ3n) is 10.0. The number of amides is 1. The molecule has 0 aromatic carbocycles. The maximum absolute atomic E-state index is 13.5. The van der Waals surface area contributed by atoms with Crippen LogP contribution >= 0.6 is 0 Å². The standard InChI is InChI=1S/C27H31NO7/c1-25-8-7-17(30)10-15(25)5-6-18-19-11-16-13-28(24(33)21-4-3-9-34-21)35-27(16,22(32)14-29)26(19,2)12-20(31)23(18)25/h3-4,7-10,16,18-20,23,29,31H,5-6,11-14H2,1-2H3/t16-,18-,19-,20-,23+,25-,26-,27-/m0/s1. The fraction of sp³-hybridized carbons (Fsp3) is 0.593. The van der Waals surface area contributed by atoms with Crippen molar-refractivity contribution in [3.8, 4) is 0 Å². The first-order valence-electron chi connectivity index (χ1n) is 12.5. The lowest BCUT2D eigenvalue weighted by atomic mass is 9.46. The molecule has 4 fully saturated rings. The van der Waals surface area contributed by atoms with Crippen molar-refractivity contribution < 1.29 is 33.9 Å². The van der Waals surface area contributed by atoms with E-state index in [9.17, 15) is 24.6 Å². The molecule has 1 aromatic rings. The highest BCUT2D eigenvalue weighted by atomic mass is 16.7. The Bertz CT molecular complexity index is 1150. The SMILES string of the molecule is C[C@]12C=CC(=O)C=C1CC[C@@H]1[C@@H]2[C@@H](O)C[C@@]2(C)[C@H]1C[C@H]1CN(C(=O)c3ccco3)O[C@]12C(=O)CO. The number of hydrogen-bond acceptors (Lipinski definition) is 7. The topological polar surface area (TPSA) is 117 Å². The Morgan fingerprint density at radius 3 is 2.80 bits per heavy atom. The van der Waals surface area contributed by atoms with Crippen LogP contribution < -0.4 is 0 Å². The molecule has 1 aromatic heterocycles. The van der Waals surface area contributed by atoms with Crippen molar-refractivity contribution in [1.82, 2.24) is 5.06 Å². The number of hydrogen-bond donors (Lipinski definition) is 2. The summed E-state index contributed by atoms with van der Waals surface area (Å²) in [5, 5.41) is 22.8. The molecule has 2 heterocycles. The van der Waals surface area contributed by atoms with Gasteiger partial charge in [-0.25, -0.2) is 5.06 Å². The average Bonchev–Trinajstić information content (AvgIpc) is 3.54. The van der Waals surface area contributed by atoms with Crippen molar-refractivity contribution in [2.45, 2.75) is 51.2 Å². The predicted molar refractivity (Wildman–Crippen MR) is 123 cm³/mol. The summed E-state index contributed by atoms with van der Waals surface area (Å²) in [5.74, 6) is -0.971. The van der Waals surface area contributed by atoms with Gasteiger partial charge in [0.05, 0.1) is 18.9 Å². The molecule has 1 saturated heterocycles. The van der Waals surface area contributed by atoms with Crippen LogP contribution in [0.25, 0.3) is 0 Å². The van der Waals surface area contributed by atoms with Gasteiger partial charge < -0.3 is 14.6 Å². The zero-order valence-corrected chi connectivity index (χ0v) is 20.0. The van der Waals surface area contributed by atoms with Gasteiger partial charge in [0.2, 0.25) is 0 Å². The van der Waals surface area contributed by atoms with E-state index in [1.165, 1.54) is 11.3 Å². The number of aliphatic hydroxyl groups excluding tert-OH is 2. The van der Waals surface area contributed by atoms with E-state index in [0.717, 1.165) is 18.4 Å². The molecular formula is C27H31NO7. The van der Waals surface area contributed by atoms with E-state index in [-0.39, 0.29) is 41.8 Å². The van der Waals surface area contributed by atoms with Gasteiger partial charge in [0.1, 0.15) is 6.61 Å². The number of nitrogens with zero attached hydrogens (tertiary/aromatic N) is 1. The van der Waals surface area contributed by atoms with E-state index in [1.54, 1.807) is 24.3 Å². The van der Waals surface area contributed by atoms with Gasteiger partial charge in [0, 0.05) is 22.7 Å². The Morgan fingerprint density at radius 2 is 2.09 bits per heavy atom. The number of carbonyl (C=O) groups is 3. The highest BCUT2D eigenvalue weighted by Gasteiger charge is 2.75. The number of rotatable bonds is 3. The molecule has 35 heavy (non-hydrogen) atoms. The monoisotopic (exact) mass is 481 g/mol. The Labute approximate surface area is 203 Å². The van der Waals surface area contributed by atoms with Gasteiger partial charge in [-0.1, -0.05) is 25.5 Å². The molecule has 6 rings (SSSR count). The quantitative estimate of drug-likeness (QED) is 0.681. The smallest absolute Gasteiger partial charge is 0.313 e. The molecule has 8 heteroatoms. The van der Waals surface area contributed by atoms with E-state index in [0.29, 0.717) is 12.8 Å². The lowest BCUT2D eigenvalue weighted by Crippen LogP contribution is -2.63. The van der Waals surface area contributed by atoms with Crippen LogP contribution in [0.2, 0.25) is 0 Å². The van der Waals surface area contributed by atoms with Crippen LogP contribution in [0.5, 0.6) is 0 Å². The normalized spacial score (nSPS) is 43.8. The number of carbonyl (C=O) groups excluding carboxylic acids is 3. The number of allylic oxidation sites excluding steroid dienone is 4. The Hall–Kier alpha value is -2.55. The molecular weight excluding hydrogens is 450 g/mol. The van der Waals surface area contributed by atoms with Crippen molar-refractivity contribution in [1.29, 1.82) is 0 Å². The number of furan rings is 1. The number of fused-ring (bicyclic) bond motifs is 7. The van der Waals surface area contributed by atoms with Crippen LogP contribution in [0.15, 0.2) is 46.6 Å². The fourth-order valence-corrected chi connectivity index (χ4v) is 8.63. The maximum Gasteiger partial charge on any atom is 0.313 e. The lowest BCUT2D eigenvalue weighted by molar-refractivity contribution is -0.235. The van der Waals surface area contributed by atoms with Crippen molar-refractivity contribution >= 4 is 17.5 Å². The second-order valence-corrected chi connectivity index (χ2v) is 11.4. The Kier molecular flexibility index (Phi) is 4.89. The van der Waals surface area contributed by atoms with E-state index in [4.69, 9.17) is 9.25 Å². The second-order valence-electron chi connectivity index (χ2n) is 11.4. The number of ketones is 2. The molecule has 0 spiro atoms. The van der Waals surface area contributed by atoms with Gasteiger partial charge in [0.25, 0.3) is 0 Å². The van der Waals surface area contributed by atoms with E-state index in [1.807, 2.05) is 13.0 Å². The fourth-order valence-electron chi connectivity index (χ4n) is 8.63. The van der Waals surface area contributed by atoms with Crippen LogP contribution in [-0.4, -0.2) is 57.6 Å². The van der Waals surface area contributed by atoms with E-state index >= 15 is 0 Å². The first-order chi connectivity index (χ1) is 16.7. The maximum atomic E-state index is 13.5. The molecule has 8 atom stereocenters. The minimum Gasteiger partial charge on any atom is -0.459 e. The predicted octanol–water partition coefficient (Wildman–Crippen LogP) is 2.47. The zero-order chi connectivity index (χ0) is 24.8. The molecule has 186 valence electrons. The summed E-state index contributed by atoms with van der Waals surface area (Å²) in [4.78, 5) is 44.8. The van der Waals surface area contributed by atoms with Gasteiger partial charge in [-0.05, 0) is 61.8 Å². The van der Waals surface area contributed by atoms with Crippen LogP contribution in [0.1, 0.15) is 50.1 Å². The number of Topliss-reactive ketones (excluding diaryl/α,β-unsaturated/α-hetero) is 1. The molecule has 1 aliphatic heterocycles. The first kappa shape index (κ1) is 22.9. The molecule has 4 aliphatic carbocycles. The summed E-state index contributed by atoms with van der Waals surface area (Å²) < 4.78 is 5.26. The summed E-state index contributed by atoms with van der Waals surface area (Å²) in [6, 6.07) is 3.17. The Balaban J connectivity index is 1.39. The molecule has 0 radical (unpaired) electrons. The van der Waals surface area contributed by atoms with Gasteiger partial charge in [-0.2, -0.15) is 0 Å². The first-order valence-corrected chi connectivity index (χ1v) is 12.5. The molecule has 1 amide bonds. The Morgan fingerprint density at radius 1 is 1.29 bits per heavy atom. The molecule has 8 nitrogen and oxygen atoms in total. The van der Waals surface area contributed by atoms with E-state index in [2.05, 4.69) is 6.92 Å². The highest BCUT2D eigenvalue weighted by Crippen LogP contribution is 2.70. The van der Waals surface area contributed by atoms with E-state index < -0.39 is 40.8 Å². The van der Waals surface area contributed by atoms with Crippen LogP contribution in [0.3, 0.4) is 0 Å². The summed E-state index contributed by atoms with van der Waals surface area (Å²) in [6.07, 6.45) is 8.52. The van der Waals surface area contributed by atoms with Crippen LogP contribution in [-0.2, 0) is 14.4 Å².